The number of aromatic nitrogens is 2. The molecule has 120 valence electrons. The Hall–Kier alpha value is -1.89. The zero-order chi connectivity index (χ0) is 15.9. The summed E-state index contributed by atoms with van der Waals surface area (Å²) < 4.78 is 12.2. The molecule has 2 aliphatic heterocycles. The highest BCUT2D eigenvalue weighted by molar-refractivity contribution is 5.93. The van der Waals surface area contributed by atoms with Crippen LogP contribution in [0.15, 0.2) is 12.3 Å². The average Bonchev–Trinajstić information content (AvgIpc) is 3.11. The Labute approximate surface area is 129 Å². The van der Waals surface area contributed by atoms with Gasteiger partial charge in [0.1, 0.15) is 5.69 Å². The molecule has 3 heterocycles. The van der Waals surface area contributed by atoms with Gasteiger partial charge in [-0.05, 0) is 25.8 Å². The van der Waals surface area contributed by atoms with E-state index in [9.17, 15) is 9.59 Å². The first-order valence-electron chi connectivity index (χ1n) is 7.57. The van der Waals surface area contributed by atoms with Gasteiger partial charge in [0.2, 0.25) is 0 Å². The molecule has 2 saturated heterocycles. The molecule has 7 nitrogen and oxygen atoms in total. The first-order chi connectivity index (χ1) is 10.5. The van der Waals surface area contributed by atoms with Gasteiger partial charge in [-0.1, -0.05) is 0 Å². The Morgan fingerprint density at radius 2 is 2.18 bits per heavy atom. The van der Waals surface area contributed by atoms with E-state index < -0.39 is 6.10 Å². The third-order valence-corrected chi connectivity index (χ3v) is 4.66. The highest BCUT2D eigenvalue weighted by Gasteiger charge is 2.48. The van der Waals surface area contributed by atoms with Crippen molar-refractivity contribution in [3.05, 3.63) is 18.0 Å². The Kier molecular flexibility index (Phi) is 3.90. The first-order valence-corrected chi connectivity index (χ1v) is 7.57. The van der Waals surface area contributed by atoms with Crippen molar-refractivity contribution in [3.8, 4) is 0 Å². The molecular weight excluding hydrogens is 286 g/mol. The summed E-state index contributed by atoms with van der Waals surface area (Å²) >= 11 is 0. The van der Waals surface area contributed by atoms with Gasteiger partial charge >= 0.3 is 5.97 Å². The summed E-state index contributed by atoms with van der Waals surface area (Å²) in [6.45, 7) is 2.04. The second kappa shape index (κ2) is 5.72. The number of carbonyl (C=O) groups excluding carboxylic acids is 2. The van der Waals surface area contributed by atoms with E-state index in [-0.39, 0.29) is 30.1 Å². The molecule has 0 saturated carbocycles. The van der Waals surface area contributed by atoms with E-state index in [1.54, 1.807) is 24.0 Å². The van der Waals surface area contributed by atoms with Gasteiger partial charge in [-0.2, -0.15) is 5.10 Å². The summed E-state index contributed by atoms with van der Waals surface area (Å²) in [5.74, 6) is -0.425. The van der Waals surface area contributed by atoms with Crippen LogP contribution < -0.4 is 0 Å². The molecule has 0 aliphatic carbocycles. The quantitative estimate of drug-likeness (QED) is 0.754. The van der Waals surface area contributed by atoms with Crippen LogP contribution in [0, 0.1) is 0 Å². The lowest BCUT2D eigenvalue weighted by Crippen LogP contribution is -2.53. The zero-order valence-electron chi connectivity index (χ0n) is 13.1. The van der Waals surface area contributed by atoms with Crippen LogP contribution in [0.2, 0.25) is 0 Å². The molecule has 1 aromatic heterocycles. The van der Waals surface area contributed by atoms with Gasteiger partial charge in [0, 0.05) is 25.7 Å². The molecule has 22 heavy (non-hydrogen) atoms. The van der Waals surface area contributed by atoms with Crippen LogP contribution in [-0.4, -0.2) is 58.0 Å². The van der Waals surface area contributed by atoms with Crippen molar-refractivity contribution in [1.82, 2.24) is 14.7 Å². The number of methoxy groups -OCH3 is 1. The van der Waals surface area contributed by atoms with Crippen molar-refractivity contribution in [2.24, 2.45) is 7.05 Å². The largest absolute Gasteiger partial charge is 0.467 e. The molecule has 0 spiro atoms. The number of nitrogens with zero attached hydrogens (tertiary/aromatic N) is 3. The molecule has 1 amide bonds. The SMILES string of the molecule is COC(=O)[C@@H]1C[C@@H]2[C@@H](CC[C@H](C)N2C(=O)c2ccnn2C)O1. The van der Waals surface area contributed by atoms with Crippen LogP contribution in [0.25, 0.3) is 0 Å². The van der Waals surface area contributed by atoms with Crippen molar-refractivity contribution in [2.75, 3.05) is 7.11 Å². The molecule has 2 fully saturated rings. The molecule has 0 bridgehead atoms. The van der Waals surface area contributed by atoms with E-state index in [0.29, 0.717) is 12.1 Å². The molecule has 0 radical (unpaired) electrons. The lowest BCUT2D eigenvalue weighted by molar-refractivity contribution is -0.153. The monoisotopic (exact) mass is 307 g/mol. The van der Waals surface area contributed by atoms with Crippen molar-refractivity contribution in [3.63, 3.8) is 0 Å². The Morgan fingerprint density at radius 1 is 1.41 bits per heavy atom. The normalized spacial score (nSPS) is 31.0. The molecule has 3 rings (SSSR count). The summed E-state index contributed by atoms with van der Waals surface area (Å²) in [5.41, 5.74) is 0.550. The lowest BCUT2D eigenvalue weighted by atomic mass is 9.92. The number of hydrogen-bond donors (Lipinski definition) is 0. The van der Waals surface area contributed by atoms with Crippen LogP contribution in [0.1, 0.15) is 36.7 Å². The number of carbonyl (C=O) groups is 2. The number of ether oxygens (including phenoxy) is 2. The predicted molar refractivity (Wildman–Crippen MR) is 77.2 cm³/mol. The summed E-state index contributed by atoms with van der Waals surface area (Å²) in [7, 11) is 3.11. The van der Waals surface area contributed by atoms with Crippen molar-refractivity contribution >= 4 is 11.9 Å². The Bertz CT molecular complexity index is 585. The molecule has 0 unspecified atom stereocenters. The van der Waals surface area contributed by atoms with E-state index in [4.69, 9.17) is 9.47 Å². The minimum absolute atomic E-state index is 0.0590. The fourth-order valence-corrected chi connectivity index (χ4v) is 3.50. The van der Waals surface area contributed by atoms with Crippen LogP contribution in [0.3, 0.4) is 0 Å². The summed E-state index contributed by atoms with van der Waals surface area (Å²) in [6, 6.07) is 1.74. The van der Waals surface area contributed by atoms with E-state index in [1.807, 2.05) is 11.8 Å². The molecule has 0 aromatic carbocycles. The van der Waals surface area contributed by atoms with Gasteiger partial charge in [0.15, 0.2) is 6.10 Å². The van der Waals surface area contributed by atoms with E-state index in [0.717, 1.165) is 12.8 Å². The van der Waals surface area contributed by atoms with Crippen molar-refractivity contribution in [1.29, 1.82) is 0 Å². The van der Waals surface area contributed by atoms with E-state index >= 15 is 0 Å². The van der Waals surface area contributed by atoms with Crippen LogP contribution in [-0.2, 0) is 21.3 Å². The third kappa shape index (κ3) is 2.39. The fourth-order valence-electron chi connectivity index (χ4n) is 3.50. The van der Waals surface area contributed by atoms with Gasteiger partial charge in [-0.3, -0.25) is 9.48 Å². The topological polar surface area (TPSA) is 73.7 Å². The molecule has 2 aliphatic rings. The average molecular weight is 307 g/mol. The molecule has 4 atom stereocenters. The van der Waals surface area contributed by atoms with E-state index in [1.165, 1.54) is 7.11 Å². The molecule has 0 N–H and O–H groups in total. The zero-order valence-corrected chi connectivity index (χ0v) is 13.1. The fraction of sp³-hybridized carbons (Fsp3) is 0.667. The first kappa shape index (κ1) is 15.0. The Morgan fingerprint density at radius 3 is 2.82 bits per heavy atom. The number of hydrogen-bond acceptors (Lipinski definition) is 5. The second-order valence-electron chi connectivity index (χ2n) is 5.97. The maximum atomic E-state index is 12.9. The highest BCUT2D eigenvalue weighted by atomic mass is 16.6. The maximum Gasteiger partial charge on any atom is 0.335 e. The van der Waals surface area contributed by atoms with Crippen molar-refractivity contribution in [2.45, 2.75) is 50.5 Å². The summed E-state index contributed by atoms with van der Waals surface area (Å²) in [5, 5.41) is 4.06. The Balaban J connectivity index is 1.84. The number of piperidine rings is 1. The number of aryl methyl sites for hydroxylation is 1. The number of amides is 1. The van der Waals surface area contributed by atoms with Crippen LogP contribution in [0.4, 0.5) is 0 Å². The predicted octanol–water partition coefficient (Wildman–Crippen LogP) is 0.744. The minimum atomic E-state index is -0.577. The van der Waals surface area contributed by atoms with Gasteiger partial charge in [-0.25, -0.2) is 4.79 Å². The number of likely N-dealkylation sites (tertiary alicyclic amines) is 1. The minimum Gasteiger partial charge on any atom is -0.467 e. The highest BCUT2D eigenvalue weighted by Crippen LogP contribution is 2.36. The second-order valence-corrected chi connectivity index (χ2v) is 5.97. The van der Waals surface area contributed by atoms with E-state index in [2.05, 4.69) is 5.10 Å². The molecular formula is C15H21N3O4. The number of esters is 1. The maximum absolute atomic E-state index is 12.9. The summed E-state index contributed by atoms with van der Waals surface area (Å²) in [6.07, 6.45) is 3.14. The van der Waals surface area contributed by atoms with Crippen LogP contribution >= 0.6 is 0 Å². The van der Waals surface area contributed by atoms with Gasteiger partial charge in [0.25, 0.3) is 5.91 Å². The van der Waals surface area contributed by atoms with Gasteiger partial charge in [-0.15, -0.1) is 0 Å². The molecule has 1 aromatic rings. The lowest BCUT2D eigenvalue weighted by Gasteiger charge is -2.41. The standard InChI is InChI=1S/C15H21N3O4/c1-9-4-5-12-11(8-13(22-12)15(20)21-3)18(9)14(19)10-6-7-16-17(10)2/h6-7,9,11-13H,4-5,8H2,1-3H3/t9-,11+,12+,13-/m0/s1. The smallest absolute Gasteiger partial charge is 0.335 e. The number of fused-ring (bicyclic) bond motifs is 1. The van der Waals surface area contributed by atoms with Crippen LogP contribution in [0.5, 0.6) is 0 Å². The summed E-state index contributed by atoms with van der Waals surface area (Å²) in [4.78, 5) is 26.5. The van der Waals surface area contributed by atoms with Crippen molar-refractivity contribution < 1.29 is 19.1 Å². The third-order valence-electron chi connectivity index (χ3n) is 4.66. The molecule has 7 heteroatoms. The van der Waals surface area contributed by atoms with Gasteiger partial charge in [0.05, 0.1) is 19.3 Å². The van der Waals surface area contributed by atoms with Gasteiger partial charge < -0.3 is 14.4 Å². The number of rotatable bonds is 2.